The first-order valence-electron chi connectivity index (χ1n) is 5.57. The number of hydrogen-bond donors (Lipinski definition) is 1. The number of alkyl halides is 1. The van der Waals surface area contributed by atoms with Crippen LogP contribution in [-0.4, -0.2) is 22.3 Å². The van der Waals surface area contributed by atoms with Crippen molar-refractivity contribution in [3.05, 3.63) is 29.8 Å². The van der Waals surface area contributed by atoms with E-state index >= 15 is 0 Å². The highest BCUT2D eigenvalue weighted by Gasteiger charge is 2.27. The minimum Gasteiger partial charge on any atom is -0.344 e. The molecule has 0 radical (unpaired) electrons. The molecule has 3 nitrogen and oxygen atoms in total. The average molecular weight is 259 g/mol. The Kier molecular flexibility index (Phi) is 4.87. The molecule has 94 valence electrons. The molecule has 0 aromatic carbocycles. The lowest BCUT2D eigenvalue weighted by Gasteiger charge is -2.30. The molecule has 0 aliphatic heterocycles. The van der Waals surface area contributed by atoms with E-state index in [2.05, 4.69) is 10.3 Å². The van der Waals surface area contributed by atoms with E-state index in [1.165, 1.54) is 12.1 Å². The number of aromatic nitrogens is 1. The number of rotatable bonds is 5. The lowest BCUT2D eigenvalue weighted by Crippen LogP contribution is -2.49. The first kappa shape index (κ1) is 13.9. The third-order valence-electron chi connectivity index (χ3n) is 2.95. The standard InChI is InChI=1S/C12H16ClFN2O/c1-3-12(4-2,8-13)16-11(17)10-6-5-9(14)7-15-10/h5-7H,3-4,8H2,1-2H3,(H,16,17). The molecule has 0 saturated heterocycles. The van der Waals surface area contributed by atoms with Gasteiger partial charge in [0.05, 0.1) is 11.7 Å². The number of pyridine rings is 1. The maximum absolute atomic E-state index is 12.7. The summed E-state index contributed by atoms with van der Waals surface area (Å²) in [5.74, 6) is -0.446. The Bertz CT molecular complexity index is 368. The molecule has 0 bridgehead atoms. The van der Waals surface area contributed by atoms with Crippen molar-refractivity contribution in [3.8, 4) is 0 Å². The third kappa shape index (κ3) is 3.40. The van der Waals surface area contributed by atoms with Gasteiger partial charge >= 0.3 is 0 Å². The number of nitrogens with one attached hydrogen (secondary N) is 1. The molecule has 1 aromatic rings. The zero-order chi connectivity index (χ0) is 12.9. The zero-order valence-corrected chi connectivity index (χ0v) is 10.7. The molecule has 0 atom stereocenters. The Labute approximate surface area is 105 Å². The van der Waals surface area contributed by atoms with Crippen molar-refractivity contribution in [2.45, 2.75) is 32.2 Å². The number of halogens is 2. The Hall–Kier alpha value is -1.16. The Morgan fingerprint density at radius 2 is 2.12 bits per heavy atom. The number of carbonyl (C=O) groups excluding carboxylic acids is 1. The van der Waals surface area contributed by atoms with Crippen LogP contribution in [0.25, 0.3) is 0 Å². The number of amides is 1. The van der Waals surface area contributed by atoms with Crippen molar-refractivity contribution in [3.63, 3.8) is 0 Å². The third-order valence-corrected chi connectivity index (χ3v) is 3.46. The molecule has 17 heavy (non-hydrogen) atoms. The average Bonchev–Trinajstić information content (AvgIpc) is 2.37. The summed E-state index contributed by atoms with van der Waals surface area (Å²) in [5, 5.41) is 2.86. The van der Waals surface area contributed by atoms with E-state index in [9.17, 15) is 9.18 Å². The Morgan fingerprint density at radius 1 is 1.47 bits per heavy atom. The van der Waals surface area contributed by atoms with Gasteiger partial charge in [-0.2, -0.15) is 0 Å². The first-order chi connectivity index (χ1) is 8.06. The van der Waals surface area contributed by atoms with Gasteiger partial charge in [0.25, 0.3) is 5.91 Å². The quantitative estimate of drug-likeness (QED) is 0.825. The SMILES string of the molecule is CCC(CC)(CCl)NC(=O)c1ccc(F)cn1. The molecule has 1 N–H and O–H groups in total. The van der Waals surface area contributed by atoms with E-state index in [-0.39, 0.29) is 11.6 Å². The largest absolute Gasteiger partial charge is 0.344 e. The number of carbonyl (C=O) groups is 1. The summed E-state index contributed by atoms with van der Waals surface area (Å²) in [7, 11) is 0. The van der Waals surface area contributed by atoms with Crippen molar-refractivity contribution < 1.29 is 9.18 Å². The van der Waals surface area contributed by atoms with Gasteiger partial charge in [0.1, 0.15) is 11.5 Å². The van der Waals surface area contributed by atoms with Gasteiger partial charge in [0, 0.05) is 5.88 Å². The topological polar surface area (TPSA) is 42.0 Å². The summed E-state index contributed by atoms with van der Waals surface area (Å²) in [6.07, 6.45) is 2.50. The van der Waals surface area contributed by atoms with Gasteiger partial charge < -0.3 is 5.32 Å². The van der Waals surface area contributed by atoms with E-state index in [1.807, 2.05) is 13.8 Å². The van der Waals surface area contributed by atoms with Crippen molar-refractivity contribution in [1.82, 2.24) is 10.3 Å². The van der Waals surface area contributed by atoms with Crippen LogP contribution < -0.4 is 5.32 Å². The van der Waals surface area contributed by atoms with Crippen LogP contribution in [0.1, 0.15) is 37.2 Å². The smallest absolute Gasteiger partial charge is 0.270 e. The summed E-state index contributed by atoms with van der Waals surface area (Å²) < 4.78 is 12.7. The van der Waals surface area contributed by atoms with Crippen molar-refractivity contribution in [1.29, 1.82) is 0 Å². The van der Waals surface area contributed by atoms with Crippen LogP contribution in [0.15, 0.2) is 18.3 Å². The molecule has 0 aliphatic carbocycles. The highest BCUT2D eigenvalue weighted by Crippen LogP contribution is 2.17. The van der Waals surface area contributed by atoms with Gasteiger partial charge in [0.15, 0.2) is 0 Å². The molecule has 0 spiro atoms. The molecule has 1 rings (SSSR count). The summed E-state index contributed by atoms with van der Waals surface area (Å²) in [6, 6.07) is 2.57. The zero-order valence-electron chi connectivity index (χ0n) is 9.96. The molecular weight excluding hydrogens is 243 g/mol. The van der Waals surface area contributed by atoms with Gasteiger partial charge in [-0.1, -0.05) is 13.8 Å². The summed E-state index contributed by atoms with van der Waals surface area (Å²) in [5.41, 5.74) is -0.225. The van der Waals surface area contributed by atoms with E-state index in [1.54, 1.807) is 0 Å². The fraction of sp³-hybridized carbons (Fsp3) is 0.500. The Morgan fingerprint density at radius 3 is 2.53 bits per heavy atom. The van der Waals surface area contributed by atoms with Gasteiger partial charge in [-0.15, -0.1) is 11.6 Å². The second-order valence-corrected chi connectivity index (χ2v) is 4.20. The highest BCUT2D eigenvalue weighted by atomic mass is 35.5. The van der Waals surface area contributed by atoms with Gasteiger partial charge in [-0.05, 0) is 25.0 Å². The summed E-state index contributed by atoms with van der Waals surface area (Å²) in [4.78, 5) is 15.6. The monoisotopic (exact) mass is 258 g/mol. The molecule has 5 heteroatoms. The van der Waals surface area contributed by atoms with Crippen LogP contribution in [-0.2, 0) is 0 Å². The van der Waals surface area contributed by atoms with Crippen molar-refractivity contribution in [2.75, 3.05) is 5.88 Å². The van der Waals surface area contributed by atoms with E-state index in [0.717, 1.165) is 19.0 Å². The lowest BCUT2D eigenvalue weighted by atomic mass is 9.95. The normalized spacial score (nSPS) is 11.3. The van der Waals surface area contributed by atoms with Crippen molar-refractivity contribution >= 4 is 17.5 Å². The van der Waals surface area contributed by atoms with Crippen LogP contribution in [0, 0.1) is 5.82 Å². The second-order valence-electron chi connectivity index (χ2n) is 3.94. The predicted octanol–water partition coefficient (Wildman–Crippen LogP) is 2.75. The molecule has 0 saturated carbocycles. The Balaban J connectivity index is 2.81. The van der Waals surface area contributed by atoms with Gasteiger partial charge in [0.2, 0.25) is 0 Å². The molecule has 1 aromatic heterocycles. The minimum absolute atomic E-state index is 0.197. The van der Waals surface area contributed by atoms with Gasteiger partial charge in [-0.3, -0.25) is 4.79 Å². The lowest BCUT2D eigenvalue weighted by molar-refractivity contribution is 0.0897. The van der Waals surface area contributed by atoms with Crippen LogP contribution in [0.5, 0.6) is 0 Å². The summed E-state index contributed by atoms with van der Waals surface area (Å²) >= 11 is 5.89. The second kappa shape index (κ2) is 5.96. The first-order valence-corrected chi connectivity index (χ1v) is 6.10. The molecule has 0 fully saturated rings. The summed E-state index contributed by atoms with van der Waals surface area (Å²) in [6.45, 7) is 3.93. The van der Waals surface area contributed by atoms with Crippen LogP contribution in [0.3, 0.4) is 0 Å². The van der Waals surface area contributed by atoms with E-state index in [4.69, 9.17) is 11.6 Å². The maximum Gasteiger partial charge on any atom is 0.270 e. The molecular formula is C12H16ClFN2O. The van der Waals surface area contributed by atoms with Crippen molar-refractivity contribution in [2.24, 2.45) is 0 Å². The molecule has 1 amide bonds. The minimum atomic E-state index is -0.462. The van der Waals surface area contributed by atoms with Gasteiger partial charge in [-0.25, -0.2) is 9.37 Å². The maximum atomic E-state index is 12.7. The van der Waals surface area contributed by atoms with Crippen LogP contribution >= 0.6 is 11.6 Å². The fourth-order valence-electron chi connectivity index (χ4n) is 1.46. The van der Waals surface area contributed by atoms with Crippen LogP contribution in [0.4, 0.5) is 4.39 Å². The fourth-order valence-corrected chi connectivity index (χ4v) is 1.91. The molecule has 0 unspecified atom stereocenters. The van der Waals surface area contributed by atoms with E-state index < -0.39 is 11.4 Å². The molecule has 1 heterocycles. The van der Waals surface area contributed by atoms with Crippen LogP contribution in [0.2, 0.25) is 0 Å². The predicted molar refractivity (Wildman–Crippen MR) is 65.7 cm³/mol. The number of nitrogens with zero attached hydrogens (tertiary/aromatic N) is 1. The van der Waals surface area contributed by atoms with E-state index in [0.29, 0.717) is 5.88 Å². The number of hydrogen-bond acceptors (Lipinski definition) is 2. The highest BCUT2D eigenvalue weighted by molar-refractivity contribution is 6.18. The molecule has 0 aliphatic rings.